The minimum atomic E-state index is -0.0826. The quantitative estimate of drug-likeness (QED) is 0.891. The number of fused-ring (bicyclic) bond motifs is 1. The lowest BCUT2D eigenvalue weighted by molar-refractivity contribution is -0.114. The normalized spacial score (nSPS) is 12.6. The number of para-hydroxylation sites is 1. The fraction of sp³-hybridized carbons (Fsp3) is 0.278. The number of nitrogens with one attached hydrogen (secondary N) is 2. The van der Waals surface area contributed by atoms with Gasteiger partial charge < -0.3 is 20.1 Å². The van der Waals surface area contributed by atoms with Crippen molar-refractivity contribution < 1.29 is 14.3 Å². The summed E-state index contributed by atoms with van der Waals surface area (Å²) in [6.07, 6.45) is 0.881. The highest BCUT2D eigenvalue weighted by atomic mass is 16.6. The second kappa shape index (κ2) is 7.05. The Labute approximate surface area is 135 Å². The first kappa shape index (κ1) is 15.2. The van der Waals surface area contributed by atoms with E-state index in [-0.39, 0.29) is 12.5 Å². The molecule has 120 valence electrons. The molecule has 0 saturated heterocycles. The van der Waals surface area contributed by atoms with Crippen molar-refractivity contribution in [3.05, 3.63) is 48.0 Å². The van der Waals surface area contributed by atoms with Gasteiger partial charge in [-0.1, -0.05) is 25.1 Å². The van der Waals surface area contributed by atoms with Crippen LogP contribution in [0.2, 0.25) is 0 Å². The van der Waals surface area contributed by atoms with Gasteiger partial charge in [0.1, 0.15) is 13.2 Å². The topological polar surface area (TPSA) is 59.6 Å². The third-order valence-electron chi connectivity index (χ3n) is 3.67. The summed E-state index contributed by atoms with van der Waals surface area (Å²) in [4.78, 5) is 12.1. The van der Waals surface area contributed by atoms with Gasteiger partial charge in [-0.05, 0) is 30.2 Å². The Morgan fingerprint density at radius 3 is 2.70 bits per heavy atom. The molecular weight excluding hydrogens is 292 g/mol. The standard InChI is InChI=1S/C18H20N2O3/c1-2-13-5-3-4-6-15(13)20-18(21)12-19-14-7-8-16-17(11-14)23-10-9-22-16/h3-8,11,19H,2,9-10,12H2,1H3,(H,20,21). The number of hydrogen-bond donors (Lipinski definition) is 2. The fourth-order valence-electron chi connectivity index (χ4n) is 2.48. The van der Waals surface area contributed by atoms with E-state index >= 15 is 0 Å². The maximum Gasteiger partial charge on any atom is 0.243 e. The molecule has 0 radical (unpaired) electrons. The van der Waals surface area contributed by atoms with Gasteiger partial charge in [0.15, 0.2) is 11.5 Å². The smallest absolute Gasteiger partial charge is 0.243 e. The molecule has 0 atom stereocenters. The number of amides is 1. The highest BCUT2D eigenvalue weighted by molar-refractivity contribution is 5.94. The van der Waals surface area contributed by atoms with Crippen molar-refractivity contribution in [3.8, 4) is 11.5 Å². The van der Waals surface area contributed by atoms with Crippen LogP contribution in [0.1, 0.15) is 12.5 Å². The number of aryl methyl sites for hydroxylation is 1. The van der Waals surface area contributed by atoms with Crippen LogP contribution >= 0.6 is 0 Å². The summed E-state index contributed by atoms with van der Waals surface area (Å²) < 4.78 is 11.0. The minimum Gasteiger partial charge on any atom is -0.486 e. The molecule has 0 aromatic heterocycles. The molecule has 0 aliphatic carbocycles. The van der Waals surface area contributed by atoms with Crippen LogP contribution in [0, 0.1) is 0 Å². The molecule has 2 aromatic carbocycles. The van der Waals surface area contributed by atoms with Crippen LogP contribution in [-0.4, -0.2) is 25.7 Å². The molecule has 1 heterocycles. The van der Waals surface area contributed by atoms with Crippen molar-refractivity contribution in [1.82, 2.24) is 0 Å². The van der Waals surface area contributed by atoms with Crippen LogP contribution in [0.25, 0.3) is 0 Å². The maximum absolute atomic E-state index is 12.1. The summed E-state index contributed by atoms with van der Waals surface area (Å²) in [6, 6.07) is 13.4. The molecule has 2 N–H and O–H groups in total. The number of ether oxygens (including phenoxy) is 2. The highest BCUT2D eigenvalue weighted by Gasteiger charge is 2.12. The van der Waals surface area contributed by atoms with Gasteiger partial charge >= 0.3 is 0 Å². The average Bonchev–Trinajstić information content (AvgIpc) is 2.60. The van der Waals surface area contributed by atoms with Crippen LogP contribution in [0.3, 0.4) is 0 Å². The summed E-state index contributed by atoms with van der Waals surface area (Å²) in [7, 11) is 0. The summed E-state index contributed by atoms with van der Waals surface area (Å²) in [6.45, 7) is 3.37. The molecule has 1 amide bonds. The summed E-state index contributed by atoms with van der Waals surface area (Å²) in [5, 5.41) is 6.04. The Morgan fingerprint density at radius 2 is 1.87 bits per heavy atom. The monoisotopic (exact) mass is 312 g/mol. The predicted molar refractivity (Wildman–Crippen MR) is 90.4 cm³/mol. The lowest BCUT2D eigenvalue weighted by Gasteiger charge is -2.19. The molecule has 5 nitrogen and oxygen atoms in total. The van der Waals surface area contributed by atoms with Crippen LogP contribution < -0.4 is 20.1 Å². The Kier molecular flexibility index (Phi) is 4.66. The van der Waals surface area contributed by atoms with Crippen molar-refractivity contribution >= 4 is 17.3 Å². The third kappa shape index (κ3) is 3.74. The number of carbonyl (C=O) groups excluding carboxylic acids is 1. The average molecular weight is 312 g/mol. The Balaban J connectivity index is 1.58. The van der Waals surface area contributed by atoms with E-state index in [0.29, 0.717) is 19.0 Å². The zero-order valence-corrected chi connectivity index (χ0v) is 13.1. The molecule has 23 heavy (non-hydrogen) atoms. The molecule has 2 aromatic rings. The van der Waals surface area contributed by atoms with Gasteiger partial charge in [-0.25, -0.2) is 0 Å². The van der Waals surface area contributed by atoms with Crippen LogP contribution in [-0.2, 0) is 11.2 Å². The molecule has 3 rings (SSSR count). The van der Waals surface area contributed by atoms with E-state index in [0.717, 1.165) is 29.1 Å². The SMILES string of the molecule is CCc1ccccc1NC(=O)CNc1ccc2c(c1)OCCO2. The van der Waals surface area contributed by atoms with E-state index in [2.05, 4.69) is 17.6 Å². The van der Waals surface area contributed by atoms with Gasteiger partial charge in [0.25, 0.3) is 0 Å². The van der Waals surface area contributed by atoms with Gasteiger partial charge in [-0.15, -0.1) is 0 Å². The number of rotatable bonds is 5. The van der Waals surface area contributed by atoms with Crippen LogP contribution in [0.4, 0.5) is 11.4 Å². The van der Waals surface area contributed by atoms with Crippen molar-refractivity contribution in [2.24, 2.45) is 0 Å². The van der Waals surface area contributed by atoms with E-state index in [1.54, 1.807) is 0 Å². The number of benzene rings is 2. The Hall–Kier alpha value is -2.69. The summed E-state index contributed by atoms with van der Waals surface area (Å²) in [5.74, 6) is 1.36. The second-order valence-electron chi connectivity index (χ2n) is 5.27. The first-order valence-electron chi connectivity index (χ1n) is 7.77. The molecule has 0 bridgehead atoms. The minimum absolute atomic E-state index is 0.0826. The van der Waals surface area contributed by atoms with Gasteiger partial charge in [-0.2, -0.15) is 0 Å². The van der Waals surface area contributed by atoms with Gasteiger partial charge in [-0.3, -0.25) is 4.79 Å². The molecule has 0 saturated carbocycles. The van der Waals surface area contributed by atoms with Gasteiger partial charge in [0.2, 0.25) is 5.91 Å². The number of carbonyl (C=O) groups is 1. The summed E-state index contributed by atoms with van der Waals surface area (Å²) in [5.41, 5.74) is 2.82. The van der Waals surface area contributed by atoms with Crippen LogP contribution in [0.5, 0.6) is 11.5 Å². The van der Waals surface area contributed by atoms with Crippen molar-refractivity contribution in [3.63, 3.8) is 0 Å². The lowest BCUT2D eigenvalue weighted by Crippen LogP contribution is -2.22. The largest absolute Gasteiger partial charge is 0.486 e. The molecule has 0 unspecified atom stereocenters. The van der Waals surface area contributed by atoms with Gasteiger partial charge in [0, 0.05) is 17.4 Å². The molecule has 1 aliphatic rings. The predicted octanol–water partition coefficient (Wildman–Crippen LogP) is 3.07. The Morgan fingerprint density at radius 1 is 1.09 bits per heavy atom. The lowest BCUT2D eigenvalue weighted by atomic mass is 10.1. The number of anilines is 2. The van der Waals surface area contributed by atoms with Gasteiger partial charge in [0.05, 0.1) is 6.54 Å². The zero-order valence-electron chi connectivity index (χ0n) is 13.1. The molecule has 5 heteroatoms. The van der Waals surface area contributed by atoms with E-state index in [4.69, 9.17) is 9.47 Å². The van der Waals surface area contributed by atoms with Crippen LogP contribution in [0.15, 0.2) is 42.5 Å². The molecular formula is C18H20N2O3. The van der Waals surface area contributed by atoms with Crippen molar-refractivity contribution in [1.29, 1.82) is 0 Å². The zero-order chi connectivity index (χ0) is 16.1. The third-order valence-corrected chi connectivity index (χ3v) is 3.67. The second-order valence-corrected chi connectivity index (χ2v) is 5.27. The number of hydrogen-bond acceptors (Lipinski definition) is 4. The molecule has 0 spiro atoms. The summed E-state index contributed by atoms with van der Waals surface area (Å²) >= 11 is 0. The van der Waals surface area contributed by atoms with Crippen molar-refractivity contribution in [2.45, 2.75) is 13.3 Å². The Bertz CT molecular complexity index is 700. The van der Waals surface area contributed by atoms with E-state index in [9.17, 15) is 4.79 Å². The molecule has 1 aliphatic heterocycles. The first-order chi connectivity index (χ1) is 11.3. The maximum atomic E-state index is 12.1. The fourth-order valence-corrected chi connectivity index (χ4v) is 2.48. The molecule has 0 fully saturated rings. The van der Waals surface area contributed by atoms with E-state index in [1.807, 2.05) is 42.5 Å². The van der Waals surface area contributed by atoms with Crippen molar-refractivity contribution in [2.75, 3.05) is 30.4 Å². The van der Waals surface area contributed by atoms with E-state index in [1.165, 1.54) is 0 Å². The first-order valence-corrected chi connectivity index (χ1v) is 7.77. The highest BCUT2D eigenvalue weighted by Crippen LogP contribution is 2.32. The van der Waals surface area contributed by atoms with E-state index < -0.39 is 0 Å².